The summed E-state index contributed by atoms with van der Waals surface area (Å²) in [6, 6.07) is -1.53. The zero-order chi connectivity index (χ0) is 40.0. The van der Waals surface area contributed by atoms with Crippen LogP contribution in [0.15, 0.2) is 48.6 Å². The predicted molar refractivity (Wildman–Crippen MR) is 217 cm³/mol. The minimum atomic E-state index is -4.72. The van der Waals surface area contributed by atoms with Crippen LogP contribution in [0.5, 0.6) is 0 Å². The minimum Gasteiger partial charge on any atom is -0.480 e. The lowest BCUT2D eigenvalue weighted by Crippen LogP contribution is -2.34. The van der Waals surface area contributed by atoms with Crippen LogP contribution in [0.2, 0.25) is 0 Å². The maximum Gasteiger partial charge on any atom is 0.472 e. The highest BCUT2D eigenvalue weighted by Crippen LogP contribution is 2.43. The van der Waals surface area contributed by atoms with Gasteiger partial charge in [-0.3, -0.25) is 23.4 Å². The van der Waals surface area contributed by atoms with E-state index in [1.165, 1.54) is 38.5 Å². The second-order valence-electron chi connectivity index (χ2n) is 13.8. The average Bonchev–Trinajstić information content (AvgIpc) is 3.14. The van der Waals surface area contributed by atoms with E-state index in [9.17, 15) is 23.8 Å². The van der Waals surface area contributed by atoms with Gasteiger partial charge in [-0.2, -0.15) is 0 Å². The predicted octanol–water partition coefficient (Wildman–Crippen LogP) is 10.6. The van der Waals surface area contributed by atoms with Gasteiger partial charge in [0.2, 0.25) is 0 Å². The zero-order valence-electron chi connectivity index (χ0n) is 33.6. The molecule has 0 amide bonds. The third-order valence-corrected chi connectivity index (χ3v) is 9.50. The molecule has 0 radical (unpaired) electrons. The summed E-state index contributed by atoms with van der Waals surface area (Å²) in [4.78, 5) is 45.9. The van der Waals surface area contributed by atoms with Gasteiger partial charge < -0.3 is 25.2 Å². The molecule has 0 bridgehead atoms. The van der Waals surface area contributed by atoms with Crippen LogP contribution in [0.1, 0.15) is 168 Å². The van der Waals surface area contributed by atoms with Crippen LogP contribution in [-0.4, -0.2) is 59.9 Å². The molecule has 4 N–H and O–H groups in total. The molecule has 0 spiro atoms. The van der Waals surface area contributed by atoms with Gasteiger partial charge in [-0.25, -0.2) is 4.57 Å². The summed E-state index contributed by atoms with van der Waals surface area (Å²) >= 11 is 0. The highest BCUT2D eigenvalue weighted by atomic mass is 31.2. The summed E-state index contributed by atoms with van der Waals surface area (Å²) in [5.41, 5.74) is 5.32. The molecule has 0 aliphatic rings. The molecule has 12 heteroatoms. The molecule has 0 saturated carbocycles. The molecule has 0 aromatic rings. The Morgan fingerprint density at radius 2 is 0.981 bits per heavy atom. The summed E-state index contributed by atoms with van der Waals surface area (Å²) in [6.45, 7) is 2.71. The van der Waals surface area contributed by atoms with Gasteiger partial charge in [-0.1, -0.05) is 127 Å². The molecule has 0 rings (SSSR count). The van der Waals surface area contributed by atoms with Crippen molar-refractivity contribution < 1.29 is 47.5 Å². The Balaban J connectivity index is 4.45. The first-order valence-corrected chi connectivity index (χ1v) is 22.2. The third-order valence-electron chi connectivity index (χ3n) is 8.55. The number of unbranched alkanes of at least 4 members (excludes halogenated alkanes) is 16. The Morgan fingerprint density at radius 1 is 0.574 bits per heavy atom. The number of carboxylic acids is 1. The first-order chi connectivity index (χ1) is 26.1. The lowest BCUT2D eigenvalue weighted by atomic mass is 10.1. The van der Waals surface area contributed by atoms with Crippen molar-refractivity contribution in [2.24, 2.45) is 5.73 Å². The van der Waals surface area contributed by atoms with Crippen molar-refractivity contribution in [1.82, 2.24) is 0 Å². The molecular weight excluding hydrogens is 709 g/mol. The molecule has 54 heavy (non-hydrogen) atoms. The summed E-state index contributed by atoms with van der Waals surface area (Å²) < 4.78 is 32.6. The number of carbonyl (C=O) groups excluding carboxylic acids is 2. The van der Waals surface area contributed by atoms with Crippen LogP contribution in [0.3, 0.4) is 0 Å². The Bertz CT molecular complexity index is 1110. The molecule has 312 valence electrons. The van der Waals surface area contributed by atoms with E-state index in [0.29, 0.717) is 12.8 Å². The van der Waals surface area contributed by atoms with Gasteiger partial charge in [0, 0.05) is 12.8 Å². The van der Waals surface area contributed by atoms with Crippen LogP contribution in [0.25, 0.3) is 0 Å². The second-order valence-corrected chi connectivity index (χ2v) is 15.2. The molecule has 0 heterocycles. The van der Waals surface area contributed by atoms with Crippen LogP contribution < -0.4 is 5.73 Å². The number of nitrogens with two attached hydrogens (primary N) is 1. The standard InChI is InChI=1S/C42H74NO10P/c1-3-5-7-9-11-13-15-17-19-21-23-25-27-29-31-33-40(44)50-35-38(36-51-54(48,49)52-37-39(43)42(46)47)53-41(45)34-32-30-28-26-24-22-20-18-16-14-12-10-8-6-4-2/h11-14,17-20,38-39H,3-10,15-16,21-37,43H2,1-2H3,(H,46,47)(H,48,49)/b13-11+,14-12+,19-17+,20-18+/t38-,39+/m1/s1. The van der Waals surface area contributed by atoms with E-state index in [0.717, 1.165) is 89.9 Å². The van der Waals surface area contributed by atoms with Crippen LogP contribution in [-0.2, 0) is 37.5 Å². The number of ether oxygens (including phenoxy) is 2. The Labute approximate surface area is 326 Å². The van der Waals surface area contributed by atoms with Gasteiger partial charge in [0.1, 0.15) is 12.6 Å². The molecule has 0 aliphatic heterocycles. The molecular formula is C42H74NO10P. The lowest BCUT2D eigenvalue weighted by molar-refractivity contribution is -0.161. The number of carbonyl (C=O) groups is 3. The van der Waals surface area contributed by atoms with Crippen molar-refractivity contribution in [3.63, 3.8) is 0 Å². The maximum atomic E-state index is 12.6. The van der Waals surface area contributed by atoms with Gasteiger partial charge in [0.25, 0.3) is 0 Å². The number of hydrogen-bond donors (Lipinski definition) is 3. The first kappa shape index (κ1) is 51.4. The number of esters is 2. The van der Waals surface area contributed by atoms with Gasteiger partial charge >= 0.3 is 25.7 Å². The van der Waals surface area contributed by atoms with Crippen molar-refractivity contribution in [3.8, 4) is 0 Å². The Kier molecular flexibility index (Phi) is 35.6. The molecule has 0 aromatic heterocycles. The smallest absolute Gasteiger partial charge is 0.472 e. The third kappa shape index (κ3) is 36.4. The van der Waals surface area contributed by atoms with E-state index in [4.69, 9.17) is 24.8 Å². The fraction of sp³-hybridized carbons (Fsp3) is 0.738. The maximum absolute atomic E-state index is 12.6. The summed E-state index contributed by atoms with van der Waals surface area (Å²) in [5, 5.41) is 8.87. The van der Waals surface area contributed by atoms with Gasteiger partial charge in [-0.15, -0.1) is 0 Å². The number of aliphatic carboxylic acids is 1. The monoisotopic (exact) mass is 784 g/mol. The van der Waals surface area contributed by atoms with Crippen LogP contribution in [0.4, 0.5) is 0 Å². The zero-order valence-corrected chi connectivity index (χ0v) is 34.4. The molecule has 0 aromatic carbocycles. The highest BCUT2D eigenvalue weighted by Gasteiger charge is 2.28. The number of carboxylic acid groups (broad SMARTS) is 1. The van der Waals surface area contributed by atoms with Gasteiger partial charge in [-0.05, 0) is 77.0 Å². The van der Waals surface area contributed by atoms with Crippen molar-refractivity contribution in [3.05, 3.63) is 48.6 Å². The second kappa shape index (κ2) is 37.4. The number of phosphoric acid groups is 1. The van der Waals surface area contributed by atoms with E-state index in [1.807, 2.05) is 0 Å². The molecule has 0 aliphatic carbocycles. The quantitative estimate of drug-likeness (QED) is 0.0235. The number of hydrogen-bond acceptors (Lipinski definition) is 9. The normalized spacial score (nSPS) is 14.3. The number of phosphoric ester groups is 1. The fourth-order valence-electron chi connectivity index (χ4n) is 5.24. The molecule has 0 saturated heterocycles. The number of allylic oxidation sites excluding steroid dienone is 8. The largest absolute Gasteiger partial charge is 0.480 e. The Morgan fingerprint density at radius 3 is 1.44 bits per heavy atom. The Hall–Kier alpha value is -2.56. The van der Waals surface area contributed by atoms with Crippen LogP contribution >= 0.6 is 7.82 Å². The van der Waals surface area contributed by atoms with Gasteiger partial charge in [0.15, 0.2) is 6.10 Å². The molecule has 1 unspecified atom stereocenters. The first-order valence-electron chi connectivity index (χ1n) is 20.7. The minimum absolute atomic E-state index is 0.141. The molecule has 0 fully saturated rings. The molecule has 3 atom stereocenters. The number of rotatable bonds is 38. The van der Waals surface area contributed by atoms with Crippen molar-refractivity contribution in [2.45, 2.75) is 180 Å². The fourth-order valence-corrected chi connectivity index (χ4v) is 6.02. The summed E-state index contributed by atoms with van der Waals surface area (Å²) in [7, 11) is -4.72. The summed E-state index contributed by atoms with van der Waals surface area (Å²) in [6.07, 6.45) is 40.3. The van der Waals surface area contributed by atoms with Crippen molar-refractivity contribution in [1.29, 1.82) is 0 Å². The van der Waals surface area contributed by atoms with E-state index in [-0.39, 0.29) is 19.4 Å². The topological polar surface area (TPSA) is 172 Å². The van der Waals surface area contributed by atoms with Crippen molar-refractivity contribution >= 4 is 25.7 Å². The lowest BCUT2D eigenvalue weighted by Gasteiger charge is -2.20. The van der Waals surface area contributed by atoms with E-state index >= 15 is 0 Å². The highest BCUT2D eigenvalue weighted by molar-refractivity contribution is 7.47. The summed E-state index contributed by atoms with van der Waals surface area (Å²) in [5.74, 6) is -2.42. The average molecular weight is 784 g/mol. The van der Waals surface area contributed by atoms with E-state index in [1.54, 1.807) is 0 Å². The SMILES string of the molecule is CCCCC/C=C/C/C=C/CCCCCCCC(=O)OC[C@H](COP(=O)(O)OC[C@H](N)C(=O)O)OC(=O)CCCCCCC/C=C/C/C=C/CCCCC. The van der Waals surface area contributed by atoms with E-state index < -0.39 is 51.1 Å². The van der Waals surface area contributed by atoms with Crippen molar-refractivity contribution in [2.75, 3.05) is 19.8 Å². The molecule has 11 nitrogen and oxygen atoms in total. The van der Waals surface area contributed by atoms with Crippen LogP contribution in [0, 0.1) is 0 Å². The van der Waals surface area contributed by atoms with E-state index in [2.05, 4.69) is 67.0 Å². The van der Waals surface area contributed by atoms with Gasteiger partial charge in [0.05, 0.1) is 13.2 Å².